The number of amides is 1. The van der Waals surface area contributed by atoms with Gasteiger partial charge in [-0.15, -0.1) is 11.3 Å². The molecule has 7 heteroatoms. The molecule has 0 fully saturated rings. The molecule has 2 N–H and O–H groups in total. The summed E-state index contributed by atoms with van der Waals surface area (Å²) in [6.45, 7) is 2.38. The first-order chi connectivity index (χ1) is 11.0. The average Bonchev–Trinajstić information content (AvgIpc) is 2.96. The zero-order valence-corrected chi connectivity index (χ0v) is 13.8. The van der Waals surface area contributed by atoms with Crippen LogP contribution in [-0.2, 0) is 17.6 Å². The first-order valence-corrected chi connectivity index (χ1v) is 7.95. The predicted octanol–water partition coefficient (Wildman–Crippen LogP) is 2.06. The highest BCUT2D eigenvalue weighted by Crippen LogP contribution is 2.20. The molecule has 122 valence electrons. The van der Waals surface area contributed by atoms with Gasteiger partial charge in [-0.2, -0.15) is 0 Å². The molecule has 0 saturated carbocycles. The number of thiazole rings is 1. The number of aromatic carboxylic acids is 1. The van der Waals surface area contributed by atoms with E-state index in [9.17, 15) is 9.59 Å². The summed E-state index contributed by atoms with van der Waals surface area (Å²) in [4.78, 5) is 26.7. The lowest BCUT2D eigenvalue weighted by atomic mass is 10.1. The summed E-state index contributed by atoms with van der Waals surface area (Å²) in [5.41, 5.74) is 1.95. The van der Waals surface area contributed by atoms with E-state index >= 15 is 0 Å². The molecule has 1 aromatic heterocycles. The Morgan fingerprint density at radius 3 is 2.83 bits per heavy atom. The van der Waals surface area contributed by atoms with Gasteiger partial charge in [-0.1, -0.05) is 17.7 Å². The minimum atomic E-state index is -1.04. The molecule has 2 rings (SSSR count). The summed E-state index contributed by atoms with van der Waals surface area (Å²) in [5.74, 6) is -0.455. The van der Waals surface area contributed by atoms with Crippen molar-refractivity contribution in [3.63, 3.8) is 0 Å². The molecule has 0 unspecified atom stereocenters. The lowest BCUT2D eigenvalue weighted by Crippen LogP contribution is -2.27. The van der Waals surface area contributed by atoms with Crippen LogP contribution in [0.1, 0.15) is 26.6 Å². The van der Waals surface area contributed by atoms with Gasteiger partial charge in [0.15, 0.2) is 5.69 Å². The number of nitrogens with one attached hydrogen (secondary N) is 1. The Balaban J connectivity index is 1.85. The molecule has 23 heavy (non-hydrogen) atoms. The molecule has 0 radical (unpaired) electrons. The standard InChI is InChI=1S/C16H18N2O4S/c1-10-3-4-13(22-2)11(7-10)8-14(19)17-6-5-15-18-12(9-23-15)16(20)21/h3-4,7,9H,5-6,8H2,1-2H3,(H,17,19)(H,20,21). The van der Waals surface area contributed by atoms with Gasteiger partial charge in [0.25, 0.3) is 0 Å². The predicted molar refractivity (Wildman–Crippen MR) is 87.2 cm³/mol. The molecule has 0 atom stereocenters. The van der Waals surface area contributed by atoms with Crippen molar-refractivity contribution >= 4 is 23.2 Å². The number of carbonyl (C=O) groups is 2. The number of rotatable bonds is 7. The summed E-state index contributed by atoms with van der Waals surface area (Å²) in [7, 11) is 1.58. The number of nitrogens with zero attached hydrogens (tertiary/aromatic N) is 1. The Kier molecular flexibility index (Phi) is 5.70. The first kappa shape index (κ1) is 17.0. The Morgan fingerprint density at radius 2 is 2.17 bits per heavy atom. The molecule has 0 bridgehead atoms. The smallest absolute Gasteiger partial charge is 0.355 e. The monoisotopic (exact) mass is 334 g/mol. The summed E-state index contributed by atoms with van der Waals surface area (Å²) in [6.07, 6.45) is 0.748. The number of ether oxygens (including phenoxy) is 1. The Morgan fingerprint density at radius 1 is 1.39 bits per heavy atom. The van der Waals surface area contributed by atoms with Crippen molar-refractivity contribution in [2.75, 3.05) is 13.7 Å². The Labute approximate surface area is 138 Å². The van der Waals surface area contributed by atoms with Crippen LogP contribution >= 0.6 is 11.3 Å². The molecule has 6 nitrogen and oxygen atoms in total. The number of benzene rings is 1. The van der Waals surface area contributed by atoms with Crippen LogP contribution in [0.15, 0.2) is 23.6 Å². The fourth-order valence-electron chi connectivity index (χ4n) is 2.11. The maximum absolute atomic E-state index is 12.0. The lowest BCUT2D eigenvalue weighted by Gasteiger charge is -2.09. The zero-order valence-electron chi connectivity index (χ0n) is 13.0. The van der Waals surface area contributed by atoms with E-state index in [1.54, 1.807) is 7.11 Å². The van der Waals surface area contributed by atoms with Crippen LogP contribution in [0.2, 0.25) is 0 Å². The molecule has 2 aromatic rings. The second kappa shape index (κ2) is 7.73. The number of aromatic nitrogens is 1. The van der Waals surface area contributed by atoms with Gasteiger partial charge in [0.2, 0.25) is 5.91 Å². The van der Waals surface area contributed by atoms with Gasteiger partial charge in [0.05, 0.1) is 18.5 Å². The van der Waals surface area contributed by atoms with Crippen LogP contribution < -0.4 is 10.1 Å². The largest absolute Gasteiger partial charge is 0.496 e. The zero-order chi connectivity index (χ0) is 16.8. The van der Waals surface area contributed by atoms with E-state index in [0.717, 1.165) is 11.1 Å². The molecular formula is C16H18N2O4S. The highest BCUT2D eigenvalue weighted by Gasteiger charge is 2.11. The number of hydrogen-bond acceptors (Lipinski definition) is 5. The van der Waals surface area contributed by atoms with Crippen molar-refractivity contribution in [2.24, 2.45) is 0 Å². The Bertz CT molecular complexity index is 712. The van der Waals surface area contributed by atoms with Crippen LogP contribution in [-0.4, -0.2) is 35.6 Å². The third-order valence-electron chi connectivity index (χ3n) is 3.22. The van der Waals surface area contributed by atoms with Crippen LogP contribution in [0.3, 0.4) is 0 Å². The summed E-state index contributed by atoms with van der Waals surface area (Å²) in [5, 5.41) is 13.8. The summed E-state index contributed by atoms with van der Waals surface area (Å²) >= 11 is 1.28. The molecule has 0 spiro atoms. The van der Waals surface area contributed by atoms with Crippen molar-refractivity contribution < 1.29 is 19.4 Å². The Hall–Kier alpha value is -2.41. The number of carboxylic acid groups (broad SMARTS) is 1. The van der Waals surface area contributed by atoms with E-state index in [-0.39, 0.29) is 18.0 Å². The van der Waals surface area contributed by atoms with Crippen molar-refractivity contribution in [3.05, 3.63) is 45.4 Å². The van der Waals surface area contributed by atoms with Gasteiger partial charge in [0.1, 0.15) is 5.75 Å². The number of methoxy groups -OCH3 is 1. The van der Waals surface area contributed by atoms with E-state index in [1.807, 2.05) is 25.1 Å². The molecule has 1 amide bonds. The quantitative estimate of drug-likeness (QED) is 0.809. The van der Waals surface area contributed by atoms with Crippen LogP contribution in [0.4, 0.5) is 0 Å². The SMILES string of the molecule is COc1ccc(C)cc1CC(=O)NCCc1nc(C(=O)O)cs1. The number of hydrogen-bond donors (Lipinski definition) is 2. The van der Waals surface area contributed by atoms with Gasteiger partial charge in [-0.25, -0.2) is 9.78 Å². The normalized spacial score (nSPS) is 10.3. The number of carbonyl (C=O) groups excluding carboxylic acids is 1. The van der Waals surface area contributed by atoms with E-state index in [1.165, 1.54) is 16.7 Å². The molecule has 0 aliphatic heterocycles. The van der Waals surface area contributed by atoms with Crippen molar-refractivity contribution in [2.45, 2.75) is 19.8 Å². The summed E-state index contributed by atoms with van der Waals surface area (Å²) < 4.78 is 5.26. The fraction of sp³-hybridized carbons (Fsp3) is 0.312. The lowest BCUT2D eigenvalue weighted by molar-refractivity contribution is -0.120. The minimum absolute atomic E-state index is 0.0424. The fourth-order valence-corrected chi connectivity index (χ4v) is 2.89. The van der Waals surface area contributed by atoms with E-state index in [2.05, 4.69) is 10.3 Å². The third kappa shape index (κ3) is 4.79. The topological polar surface area (TPSA) is 88.5 Å². The van der Waals surface area contributed by atoms with Crippen molar-refractivity contribution in [3.8, 4) is 5.75 Å². The number of aryl methyl sites for hydroxylation is 1. The molecular weight excluding hydrogens is 316 g/mol. The molecule has 1 aromatic carbocycles. The van der Waals surface area contributed by atoms with Gasteiger partial charge in [-0.05, 0) is 13.0 Å². The van der Waals surface area contributed by atoms with Crippen LogP contribution in [0.5, 0.6) is 5.75 Å². The van der Waals surface area contributed by atoms with Crippen molar-refractivity contribution in [1.29, 1.82) is 0 Å². The molecule has 0 aliphatic carbocycles. The molecule has 0 aliphatic rings. The van der Waals surface area contributed by atoms with Crippen LogP contribution in [0.25, 0.3) is 0 Å². The van der Waals surface area contributed by atoms with Gasteiger partial charge >= 0.3 is 5.97 Å². The third-order valence-corrected chi connectivity index (χ3v) is 4.13. The average molecular weight is 334 g/mol. The summed E-state index contributed by atoms with van der Waals surface area (Å²) in [6, 6.07) is 5.71. The van der Waals surface area contributed by atoms with Gasteiger partial charge in [0, 0.05) is 23.9 Å². The van der Waals surface area contributed by atoms with Crippen molar-refractivity contribution in [1.82, 2.24) is 10.3 Å². The second-order valence-electron chi connectivity index (χ2n) is 5.02. The highest BCUT2D eigenvalue weighted by molar-refractivity contribution is 7.09. The van der Waals surface area contributed by atoms with Gasteiger partial charge in [-0.3, -0.25) is 4.79 Å². The number of carboxylic acids is 1. The molecule has 1 heterocycles. The van der Waals surface area contributed by atoms with E-state index in [0.29, 0.717) is 23.7 Å². The van der Waals surface area contributed by atoms with Gasteiger partial charge < -0.3 is 15.2 Å². The van der Waals surface area contributed by atoms with E-state index in [4.69, 9.17) is 9.84 Å². The second-order valence-corrected chi connectivity index (χ2v) is 5.97. The maximum atomic E-state index is 12.0. The maximum Gasteiger partial charge on any atom is 0.355 e. The molecule has 0 saturated heterocycles. The highest BCUT2D eigenvalue weighted by atomic mass is 32.1. The first-order valence-electron chi connectivity index (χ1n) is 7.07. The van der Waals surface area contributed by atoms with Crippen LogP contribution in [0, 0.1) is 6.92 Å². The van der Waals surface area contributed by atoms with E-state index < -0.39 is 5.97 Å². The minimum Gasteiger partial charge on any atom is -0.496 e.